The molecule has 0 saturated heterocycles. The fourth-order valence-corrected chi connectivity index (χ4v) is 6.68. The number of aliphatic hydroxyl groups is 1. The Morgan fingerprint density at radius 1 is 0.800 bits per heavy atom. The molecule has 0 fully saturated rings. The predicted molar refractivity (Wildman–Crippen MR) is 140 cm³/mol. The van der Waals surface area contributed by atoms with Crippen LogP contribution in [0.3, 0.4) is 0 Å². The molecule has 35 heavy (non-hydrogen) atoms. The summed E-state index contributed by atoms with van der Waals surface area (Å²) in [6.07, 6.45) is 5.14. The van der Waals surface area contributed by atoms with Gasteiger partial charge >= 0.3 is 5.97 Å². The van der Waals surface area contributed by atoms with E-state index in [9.17, 15) is 9.90 Å². The second kappa shape index (κ2) is 9.47. The molecule has 0 aromatic heterocycles. The number of carbonyl (C=O) groups is 1. The predicted octanol–water partition coefficient (Wildman–Crippen LogP) is 6.04. The molecule has 0 saturated carbocycles. The number of ether oxygens (including phenoxy) is 1. The van der Waals surface area contributed by atoms with Crippen LogP contribution in [0.15, 0.2) is 84.9 Å². The molecule has 2 aliphatic carbocycles. The van der Waals surface area contributed by atoms with Crippen molar-refractivity contribution in [3.05, 3.63) is 118 Å². The van der Waals surface area contributed by atoms with Crippen molar-refractivity contribution in [1.82, 2.24) is 0 Å². The molecule has 2 unspecified atom stereocenters. The number of benzene rings is 3. The first kappa shape index (κ1) is 23.6. The highest BCUT2D eigenvalue weighted by Gasteiger charge is 2.50. The average molecular weight is 467 g/mol. The van der Waals surface area contributed by atoms with Crippen LogP contribution < -0.4 is 0 Å². The molecular weight excluding hydrogens is 432 g/mol. The van der Waals surface area contributed by atoms with E-state index in [0.29, 0.717) is 12.2 Å². The first-order chi connectivity index (χ1) is 17.0. The molecule has 3 heteroatoms. The summed E-state index contributed by atoms with van der Waals surface area (Å²) in [5, 5.41) is 9.88. The monoisotopic (exact) mass is 466 g/mol. The van der Waals surface area contributed by atoms with Crippen LogP contribution in [0.5, 0.6) is 0 Å². The zero-order chi connectivity index (χ0) is 24.5. The lowest BCUT2D eigenvalue weighted by Gasteiger charge is -2.38. The molecule has 5 rings (SSSR count). The SMILES string of the molecule is C=C(C)C(=O)OCCCC12Cc3ccccc3C(CCCO)(Cc3ccccc31)c1ccccc12. The molecule has 0 radical (unpaired) electrons. The molecule has 180 valence electrons. The third kappa shape index (κ3) is 3.92. The van der Waals surface area contributed by atoms with Crippen molar-refractivity contribution in [2.24, 2.45) is 0 Å². The Hall–Kier alpha value is -3.17. The van der Waals surface area contributed by atoms with Gasteiger partial charge in [-0.25, -0.2) is 4.79 Å². The van der Waals surface area contributed by atoms with Gasteiger partial charge in [0.1, 0.15) is 0 Å². The van der Waals surface area contributed by atoms with Gasteiger partial charge in [-0.2, -0.15) is 0 Å². The molecule has 3 nitrogen and oxygen atoms in total. The van der Waals surface area contributed by atoms with Gasteiger partial charge in [-0.1, -0.05) is 79.4 Å². The lowest BCUT2D eigenvalue weighted by Crippen LogP contribution is -2.33. The topological polar surface area (TPSA) is 46.5 Å². The van der Waals surface area contributed by atoms with Crippen LogP contribution in [0.4, 0.5) is 0 Å². The maximum atomic E-state index is 12.0. The molecule has 0 heterocycles. The smallest absolute Gasteiger partial charge is 0.333 e. The lowest BCUT2D eigenvalue weighted by atomic mass is 9.65. The Bertz CT molecular complexity index is 1260. The van der Waals surface area contributed by atoms with Crippen molar-refractivity contribution < 1.29 is 14.6 Å². The van der Waals surface area contributed by atoms with E-state index in [0.717, 1.165) is 38.5 Å². The van der Waals surface area contributed by atoms with E-state index in [2.05, 4.69) is 79.4 Å². The summed E-state index contributed by atoms with van der Waals surface area (Å²) in [6.45, 7) is 5.97. The minimum absolute atomic E-state index is 0.184. The van der Waals surface area contributed by atoms with Crippen LogP contribution in [0.25, 0.3) is 0 Å². The summed E-state index contributed by atoms with van der Waals surface area (Å²) in [4.78, 5) is 12.0. The van der Waals surface area contributed by atoms with Crippen molar-refractivity contribution in [1.29, 1.82) is 0 Å². The van der Waals surface area contributed by atoms with Gasteiger partial charge in [0.15, 0.2) is 0 Å². The van der Waals surface area contributed by atoms with Gasteiger partial charge in [0, 0.05) is 23.0 Å². The van der Waals surface area contributed by atoms with Gasteiger partial charge in [0.25, 0.3) is 0 Å². The first-order valence-electron chi connectivity index (χ1n) is 12.7. The van der Waals surface area contributed by atoms with Crippen LogP contribution in [0.2, 0.25) is 0 Å². The number of carbonyl (C=O) groups excluding carboxylic acids is 1. The highest BCUT2D eigenvalue weighted by molar-refractivity contribution is 5.86. The lowest BCUT2D eigenvalue weighted by molar-refractivity contribution is -0.139. The van der Waals surface area contributed by atoms with Crippen molar-refractivity contribution in [2.45, 2.75) is 56.3 Å². The van der Waals surface area contributed by atoms with E-state index in [1.165, 1.54) is 33.4 Å². The minimum Gasteiger partial charge on any atom is -0.462 e. The molecule has 1 N–H and O–H groups in total. The number of fused-ring (bicyclic) bond motifs is 4. The summed E-state index contributed by atoms with van der Waals surface area (Å²) in [7, 11) is 0. The van der Waals surface area contributed by atoms with E-state index in [1.54, 1.807) is 6.92 Å². The van der Waals surface area contributed by atoms with Gasteiger partial charge in [-0.05, 0) is 78.8 Å². The maximum absolute atomic E-state index is 12.0. The number of rotatable bonds is 8. The fraction of sp³-hybridized carbons (Fsp3) is 0.344. The Morgan fingerprint density at radius 2 is 1.26 bits per heavy atom. The summed E-state index contributed by atoms with van der Waals surface area (Å²) < 4.78 is 5.51. The van der Waals surface area contributed by atoms with E-state index in [4.69, 9.17) is 4.74 Å². The first-order valence-corrected chi connectivity index (χ1v) is 12.7. The average Bonchev–Trinajstić information content (AvgIpc) is 3.04. The molecule has 0 amide bonds. The van der Waals surface area contributed by atoms with Gasteiger partial charge in [-0.15, -0.1) is 0 Å². The van der Waals surface area contributed by atoms with Gasteiger partial charge in [0.2, 0.25) is 0 Å². The fourth-order valence-electron chi connectivity index (χ4n) is 6.68. The van der Waals surface area contributed by atoms with E-state index in [-0.39, 0.29) is 23.4 Å². The molecule has 0 spiro atoms. The van der Waals surface area contributed by atoms with E-state index >= 15 is 0 Å². The van der Waals surface area contributed by atoms with E-state index in [1.807, 2.05) is 0 Å². The third-order valence-corrected chi connectivity index (χ3v) is 8.10. The molecule has 2 atom stereocenters. The van der Waals surface area contributed by atoms with Crippen LogP contribution in [0, 0.1) is 0 Å². The van der Waals surface area contributed by atoms with Gasteiger partial charge in [-0.3, -0.25) is 0 Å². The number of aliphatic hydroxyl groups excluding tert-OH is 1. The van der Waals surface area contributed by atoms with Crippen LogP contribution in [-0.4, -0.2) is 24.3 Å². The second-order valence-electron chi connectivity index (χ2n) is 10.2. The highest BCUT2D eigenvalue weighted by Crippen LogP contribution is 2.56. The van der Waals surface area contributed by atoms with E-state index < -0.39 is 0 Å². The Kier molecular flexibility index (Phi) is 6.37. The molecule has 2 aliphatic rings. The summed E-state index contributed by atoms with van der Waals surface area (Å²) >= 11 is 0. The molecule has 3 aromatic carbocycles. The summed E-state index contributed by atoms with van der Waals surface area (Å²) in [5.74, 6) is -0.321. The zero-order valence-electron chi connectivity index (χ0n) is 20.6. The molecular formula is C32H34O3. The Balaban J connectivity index is 1.71. The van der Waals surface area contributed by atoms with Crippen LogP contribution in [-0.2, 0) is 33.2 Å². The third-order valence-electron chi connectivity index (χ3n) is 8.10. The Labute approximate surface area is 208 Å². The standard InChI is InChI=1S/C32H34O3/c1-23(2)30(34)35-20-10-18-32-22-25-12-3-5-13-26(25)31(17-9-19-33,28-15-7-8-16-29(28)32)21-24-11-4-6-14-27(24)32/h3-8,11-16,33H,1,9-10,17-22H2,2H3. The summed E-state index contributed by atoms with van der Waals surface area (Å²) in [5.41, 5.74) is 8.35. The number of hydrogen-bond acceptors (Lipinski definition) is 3. The molecule has 2 bridgehead atoms. The minimum atomic E-state index is -0.321. The quantitative estimate of drug-likeness (QED) is 0.250. The van der Waals surface area contributed by atoms with Crippen molar-refractivity contribution in [3.63, 3.8) is 0 Å². The van der Waals surface area contributed by atoms with Crippen molar-refractivity contribution in [2.75, 3.05) is 13.2 Å². The normalized spacial score (nSPS) is 21.8. The zero-order valence-corrected chi connectivity index (χ0v) is 20.6. The van der Waals surface area contributed by atoms with Gasteiger partial charge < -0.3 is 9.84 Å². The summed E-state index contributed by atoms with van der Waals surface area (Å²) in [6, 6.07) is 26.8. The van der Waals surface area contributed by atoms with Crippen molar-refractivity contribution in [3.8, 4) is 0 Å². The molecule has 0 aliphatic heterocycles. The number of esters is 1. The maximum Gasteiger partial charge on any atom is 0.333 e. The number of hydrogen-bond donors (Lipinski definition) is 1. The van der Waals surface area contributed by atoms with Crippen LogP contribution >= 0.6 is 0 Å². The second-order valence-corrected chi connectivity index (χ2v) is 10.2. The highest BCUT2D eigenvalue weighted by atomic mass is 16.5. The van der Waals surface area contributed by atoms with Gasteiger partial charge in [0.05, 0.1) is 6.61 Å². The van der Waals surface area contributed by atoms with Crippen LogP contribution in [0.1, 0.15) is 66.0 Å². The molecule has 3 aromatic rings. The largest absolute Gasteiger partial charge is 0.462 e. The Morgan fingerprint density at radius 3 is 1.74 bits per heavy atom. The van der Waals surface area contributed by atoms with Crippen molar-refractivity contribution >= 4 is 5.97 Å².